The number of nitrogens with one attached hydrogen (secondary N) is 1. The van der Waals surface area contributed by atoms with Crippen LogP contribution in [0.2, 0.25) is 0 Å². The lowest BCUT2D eigenvalue weighted by molar-refractivity contribution is 0.0217. The second kappa shape index (κ2) is 7.98. The standard InChI is InChI=1S/C17H23NO3/c1-13-6-3-4-8-17(13)14(2)18-10-15(19)11-20-12-16-7-5-9-21-16/h3-9,14-15,18-19H,10-12H2,1-2H3/t14-,15?/m1/s1. The van der Waals surface area contributed by atoms with Gasteiger partial charge in [0.15, 0.2) is 0 Å². The first-order valence-corrected chi connectivity index (χ1v) is 7.24. The first-order valence-electron chi connectivity index (χ1n) is 7.24. The van der Waals surface area contributed by atoms with Crippen LogP contribution in [-0.4, -0.2) is 24.4 Å². The lowest BCUT2D eigenvalue weighted by Gasteiger charge is -2.19. The van der Waals surface area contributed by atoms with Crippen LogP contribution in [0.25, 0.3) is 0 Å². The Labute approximate surface area is 125 Å². The van der Waals surface area contributed by atoms with Gasteiger partial charge in [-0.15, -0.1) is 0 Å². The van der Waals surface area contributed by atoms with E-state index in [4.69, 9.17) is 9.15 Å². The van der Waals surface area contributed by atoms with Crippen molar-refractivity contribution in [3.63, 3.8) is 0 Å². The maximum Gasteiger partial charge on any atom is 0.129 e. The number of rotatable bonds is 8. The van der Waals surface area contributed by atoms with Crippen LogP contribution in [0.5, 0.6) is 0 Å². The number of aliphatic hydroxyl groups excluding tert-OH is 1. The summed E-state index contributed by atoms with van der Waals surface area (Å²) in [5, 5.41) is 13.3. The monoisotopic (exact) mass is 289 g/mol. The van der Waals surface area contributed by atoms with E-state index < -0.39 is 6.10 Å². The summed E-state index contributed by atoms with van der Waals surface area (Å²) >= 11 is 0. The van der Waals surface area contributed by atoms with Crippen molar-refractivity contribution in [2.24, 2.45) is 0 Å². The van der Waals surface area contributed by atoms with Gasteiger partial charge in [-0.2, -0.15) is 0 Å². The summed E-state index contributed by atoms with van der Waals surface area (Å²) < 4.78 is 10.6. The van der Waals surface area contributed by atoms with Gasteiger partial charge in [-0.25, -0.2) is 0 Å². The lowest BCUT2D eigenvalue weighted by atomic mass is 10.0. The summed E-state index contributed by atoms with van der Waals surface area (Å²) in [7, 11) is 0. The molecule has 0 bridgehead atoms. The zero-order chi connectivity index (χ0) is 15.1. The van der Waals surface area contributed by atoms with Crippen molar-refractivity contribution in [3.8, 4) is 0 Å². The maximum absolute atomic E-state index is 9.92. The Morgan fingerprint density at radius 1 is 1.24 bits per heavy atom. The number of aryl methyl sites for hydroxylation is 1. The first-order chi connectivity index (χ1) is 10.2. The number of hydrogen-bond acceptors (Lipinski definition) is 4. The molecule has 4 nitrogen and oxygen atoms in total. The van der Waals surface area contributed by atoms with Crippen LogP contribution in [0.4, 0.5) is 0 Å². The van der Waals surface area contributed by atoms with Gasteiger partial charge in [0, 0.05) is 12.6 Å². The van der Waals surface area contributed by atoms with Crippen LogP contribution in [0.1, 0.15) is 29.9 Å². The maximum atomic E-state index is 9.92. The SMILES string of the molecule is Cc1ccccc1[C@@H](C)NCC(O)COCc1ccco1. The van der Waals surface area contributed by atoms with Gasteiger partial charge >= 0.3 is 0 Å². The molecule has 1 heterocycles. The fourth-order valence-electron chi connectivity index (χ4n) is 2.24. The number of furan rings is 1. The molecular formula is C17H23NO3. The molecule has 0 aliphatic rings. The van der Waals surface area contributed by atoms with E-state index in [0.717, 1.165) is 5.76 Å². The number of benzene rings is 1. The van der Waals surface area contributed by atoms with Crippen molar-refractivity contribution in [1.82, 2.24) is 5.32 Å². The molecule has 0 saturated heterocycles. The van der Waals surface area contributed by atoms with Gasteiger partial charge in [0.1, 0.15) is 12.4 Å². The van der Waals surface area contributed by atoms with Gasteiger partial charge in [0.05, 0.1) is 19.0 Å². The second-order valence-electron chi connectivity index (χ2n) is 5.23. The Morgan fingerprint density at radius 3 is 2.76 bits per heavy atom. The molecular weight excluding hydrogens is 266 g/mol. The van der Waals surface area contributed by atoms with Gasteiger partial charge in [0.2, 0.25) is 0 Å². The highest BCUT2D eigenvalue weighted by Gasteiger charge is 2.10. The summed E-state index contributed by atoms with van der Waals surface area (Å²) in [6, 6.07) is 12.1. The molecule has 0 aliphatic heterocycles. The third-order valence-corrected chi connectivity index (χ3v) is 3.45. The van der Waals surface area contributed by atoms with E-state index in [1.807, 2.05) is 24.3 Å². The highest BCUT2D eigenvalue weighted by atomic mass is 16.5. The van der Waals surface area contributed by atoms with E-state index >= 15 is 0 Å². The smallest absolute Gasteiger partial charge is 0.129 e. The van der Waals surface area contributed by atoms with Crippen LogP contribution in [0, 0.1) is 6.92 Å². The van der Waals surface area contributed by atoms with E-state index in [9.17, 15) is 5.11 Å². The van der Waals surface area contributed by atoms with Gasteiger partial charge in [-0.3, -0.25) is 0 Å². The highest BCUT2D eigenvalue weighted by Crippen LogP contribution is 2.16. The summed E-state index contributed by atoms with van der Waals surface area (Å²) in [5.41, 5.74) is 2.50. The van der Waals surface area contributed by atoms with Gasteiger partial charge < -0.3 is 19.6 Å². The molecule has 0 radical (unpaired) electrons. The number of aliphatic hydroxyl groups is 1. The predicted octanol–water partition coefficient (Wildman–Crippen LogP) is 2.82. The average Bonchev–Trinajstić information content (AvgIpc) is 2.98. The van der Waals surface area contributed by atoms with Crippen molar-refractivity contribution in [2.45, 2.75) is 32.6 Å². The largest absolute Gasteiger partial charge is 0.467 e. The third-order valence-electron chi connectivity index (χ3n) is 3.45. The Hall–Kier alpha value is -1.62. The molecule has 4 heteroatoms. The molecule has 114 valence electrons. The van der Waals surface area contributed by atoms with Crippen LogP contribution in [-0.2, 0) is 11.3 Å². The lowest BCUT2D eigenvalue weighted by Crippen LogP contribution is -2.32. The van der Waals surface area contributed by atoms with Crippen molar-refractivity contribution >= 4 is 0 Å². The fourth-order valence-corrected chi connectivity index (χ4v) is 2.24. The van der Waals surface area contributed by atoms with E-state index in [0.29, 0.717) is 13.2 Å². The summed E-state index contributed by atoms with van der Waals surface area (Å²) in [5.74, 6) is 0.767. The van der Waals surface area contributed by atoms with E-state index in [1.54, 1.807) is 6.26 Å². The molecule has 2 aromatic rings. The minimum atomic E-state index is -0.536. The zero-order valence-corrected chi connectivity index (χ0v) is 12.6. The summed E-state index contributed by atoms with van der Waals surface area (Å²) in [4.78, 5) is 0. The Bertz CT molecular complexity index is 525. The summed E-state index contributed by atoms with van der Waals surface area (Å²) in [6.45, 7) is 5.36. The summed E-state index contributed by atoms with van der Waals surface area (Å²) in [6.07, 6.45) is 1.08. The van der Waals surface area contributed by atoms with Gasteiger partial charge in [-0.1, -0.05) is 24.3 Å². The van der Waals surface area contributed by atoms with Crippen molar-refractivity contribution in [2.75, 3.05) is 13.2 Å². The molecule has 0 spiro atoms. The quantitative estimate of drug-likeness (QED) is 0.784. The van der Waals surface area contributed by atoms with Gasteiger partial charge in [0.25, 0.3) is 0 Å². The molecule has 2 atom stereocenters. The van der Waals surface area contributed by atoms with E-state index in [2.05, 4.69) is 31.3 Å². The Balaban J connectivity index is 1.68. The Kier molecular flexibility index (Phi) is 5.99. The predicted molar refractivity (Wildman–Crippen MR) is 82.0 cm³/mol. The molecule has 0 amide bonds. The van der Waals surface area contributed by atoms with E-state index in [1.165, 1.54) is 11.1 Å². The fraction of sp³-hybridized carbons (Fsp3) is 0.412. The minimum Gasteiger partial charge on any atom is -0.467 e. The van der Waals surface area contributed by atoms with Gasteiger partial charge in [-0.05, 0) is 37.1 Å². The topological polar surface area (TPSA) is 54.6 Å². The van der Waals surface area contributed by atoms with Crippen molar-refractivity contribution in [1.29, 1.82) is 0 Å². The second-order valence-corrected chi connectivity index (χ2v) is 5.23. The van der Waals surface area contributed by atoms with Crippen LogP contribution < -0.4 is 5.32 Å². The molecule has 0 fully saturated rings. The Morgan fingerprint density at radius 2 is 2.05 bits per heavy atom. The van der Waals surface area contributed by atoms with Crippen molar-refractivity contribution in [3.05, 3.63) is 59.5 Å². The zero-order valence-electron chi connectivity index (χ0n) is 12.6. The molecule has 2 rings (SSSR count). The normalized spacial score (nSPS) is 14.0. The molecule has 0 saturated carbocycles. The van der Waals surface area contributed by atoms with E-state index in [-0.39, 0.29) is 12.6 Å². The average molecular weight is 289 g/mol. The highest BCUT2D eigenvalue weighted by molar-refractivity contribution is 5.28. The third kappa shape index (κ3) is 5.01. The molecule has 21 heavy (non-hydrogen) atoms. The van der Waals surface area contributed by atoms with Crippen LogP contribution in [0.15, 0.2) is 47.1 Å². The molecule has 1 aromatic heterocycles. The minimum absolute atomic E-state index is 0.200. The molecule has 2 N–H and O–H groups in total. The number of hydrogen-bond donors (Lipinski definition) is 2. The first kappa shape index (κ1) is 15.8. The molecule has 0 aliphatic carbocycles. The van der Waals surface area contributed by atoms with Crippen LogP contribution >= 0.6 is 0 Å². The molecule has 1 aromatic carbocycles. The van der Waals surface area contributed by atoms with Crippen molar-refractivity contribution < 1.29 is 14.3 Å². The van der Waals surface area contributed by atoms with Crippen LogP contribution in [0.3, 0.4) is 0 Å². The molecule has 1 unspecified atom stereocenters. The number of ether oxygens (including phenoxy) is 1.